The van der Waals surface area contributed by atoms with Gasteiger partial charge in [-0.15, -0.1) is 0 Å². The van der Waals surface area contributed by atoms with Crippen LogP contribution in [0.25, 0.3) is 0 Å². The quantitative estimate of drug-likeness (QED) is 0.847. The van der Waals surface area contributed by atoms with Crippen molar-refractivity contribution in [3.8, 4) is 11.8 Å². The van der Waals surface area contributed by atoms with Gasteiger partial charge in [-0.2, -0.15) is 5.26 Å². The van der Waals surface area contributed by atoms with Gasteiger partial charge in [0.1, 0.15) is 5.75 Å². The van der Waals surface area contributed by atoms with Crippen molar-refractivity contribution in [3.63, 3.8) is 0 Å². The number of benzene rings is 2. The summed E-state index contributed by atoms with van der Waals surface area (Å²) < 4.78 is 10.4. The lowest BCUT2D eigenvalue weighted by molar-refractivity contribution is -0.123. The third-order valence-electron chi connectivity index (χ3n) is 3.49. The summed E-state index contributed by atoms with van der Waals surface area (Å²) in [5.41, 5.74) is 2.01. The summed E-state index contributed by atoms with van der Waals surface area (Å²) in [4.78, 5) is 24.4. The first kappa shape index (κ1) is 18.0. The number of carbonyl (C=O) groups is 2. The zero-order valence-corrected chi connectivity index (χ0v) is 14.2. The summed E-state index contributed by atoms with van der Waals surface area (Å²) in [5.74, 6) is -0.635. The molecule has 0 aromatic heterocycles. The van der Waals surface area contributed by atoms with Crippen molar-refractivity contribution in [1.29, 1.82) is 5.26 Å². The molecule has 6 nitrogen and oxygen atoms in total. The molecule has 2 rings (SSSR count). The largest absolute Gasteiger partial charge is 0.495 e. The van der Waals surface area contributed by atoms with E-state index in [1.54, 1.807) is 24.3 Å². The average molecular weight is 338 g/mol. The molecule has 2 aromatic carbocycles. The number of aryl methyl sites for hydroxylation is 1. The molecule has 0 bridgehead atoms. The molecule has 1 amide bonds. The van der Waals surface area contributed by atoms with Crippen LogP contribution >= 0.6 is 0 Å². The maximum Gasteiger partial charge on any atom is 0.338 e. The van der Waals surface area contributed by atoms with E-state index in [0.29, 0.717) is 17.0 Å². The van der Waals surface area contributed by atoms with Crippen LogP contribution in [-0.2, 0) is 9.53 Å². The molecule has 1 N–H and O–H groups in total. The van der Waals surface area contributed by atoms with E-state index in [1.165, 1.54) is 26.2 Å². The molecule has 0 saturated carbocycles. The fourth-order valence-electron chi connectivity index (χ4n) is 2.15. The van der Waals surface area contributed by atoms with E-state index in [0.717, 1.165) is 5.56 Å². The molecule has 0 heterocycles. The maximum atomic E-state index is 12.3. The Labute approximate surface area is 146 Å². The van der Waals surface area contributed by atoms with Gasteiger partial charge in [0.15, 0.2) is 6.10 Å². The summed E-state index contributed by atoms with van der Waals surface area (Å²) in [6.45, 7) is 3.37. The fraction of sp³-hybridized carbons (Fsp3) is 0.211. The van der Waals surface area contributed by atoms with Crippen LogP contribution in [0.5, 0.6) is 5.75 Å². The molecule has 0 unspecified atom stereocenters. The van der Waals surface area contributed by atoms with Gasteiger partial charge in [0, 0.05) is 0 Å². The number of ether oxygens (including phenoxy) is 2. The van der Waals surface area contributed by atoms with Gasteiger partial charge in [-0.05, 0) is 49.7 Å². The second-order valence-electron chi connectivity index (χ2n) is 5.43. The first-order valence-electron chi connectivity index (χ1n) is 7.61. The standard InChI is InChI=1S/C19H18N2O4/c1-12-7-8-17(24-3)16(9-12)21-18(22)13(2)25-19(23)15-6-4-5-14(10-15)11-20/h4-10,13H,1-3H3,(H,21,22)/t13-/m1/s1. The number of hydrogen-bond donors (Lipinski definition) is 1. The van der Waals surface area contributed by atoms with Crippen LogP contribution in [0.2, 0.25) is 0 Å². The topological polar surface area (TPSA) is 88.4 Å². The highest BCUT2D eigenvalue weighted by Crippen LogP contribution is 2.25. The molecule has 25 heavy (non-hydrogen) atoms. The van der Waals surface area contributed by atoms with Crippen molar-refractivity contribution in [2.45, 2.75) is 20.0 Å². The minimum absolute atomic E-state index is 0.215. The van der Waals surface area contributed by atoms with Crippen molar-refractivity contribution in [1.82, 2.24) is 0 Å². The minimum atomic E-state index is -1.01. The van der Waals surface area contributed by atoms with Gasteiger partial charge in [0.2, 0.25) is 0 Å². The fourth-order valence-corrected chi connectivity index (χ4v) is 2.15. The number of rotatable bonds is 5. The maximum absolute atomic E-state index is 12.3. The molecule has 0 fully saturated rings. The molecular formula is C19H18N2O4. The lowest BCUT2D eigenvalue weighted by Gasteiger charge is -2.15. The normalized spacial score (nSPS) is 11.1. The molecule has 128 valence electrons. The van der Waals surface area contributed by atoms with E-state index in [4.69, 9.17) is 14.7 Å². The summed E-state index contributed by atoms with van der Waals surface area (Å²) in [6, 6.07) is 13.4. The Hall–Kier alpha value is -3.33. The molecular weight excluding hydrogens is 320 g/mol. The Morgan fingerprint density at radius 2 is 1.96 bits per heavy atom. The Morgan fingerprint density at radius 1 is 1.20 bits per heavy atom. The summed E-state index contributed by atoms with van der Waals surface area (Å²) in [5, 5.41) is 11.6. The molecule has 0 spiro atoms. The second-order valence-corrected chi connectivity index (χ2v) is 5.43. The zero-order chi connectivity index (χ0) is 18.4. The van der Waals surface area contributed by atoms with Crippen LogP contribution in [0, 0.1) is 18.3 Å². The van der Waals surface area contributed by atoms with Gasteiger partial charge in [-0.3, -0.25) is 4.79 Å². The first-order valence-corrected chi connectivity index (χ1v) is 7.61. The number of nitrogens with zero attached hydrogens (tertiary/aromatic N) is 1. The van der Waals surface area contributed by atoms with E-state index in [1.807, 2.05) is 19.1 Å². The summed E-state index contributed by atoms with van der Waals surface area (Å²) >= 11 is 0. The number of anilines is 1. The molecule has 6 heteroatoms. The van der Waals surface area contributed by atoms with Crippen molar-refractivity contribution in [2.75, 3.05) is 12.4 Å². The van der Waals surface area contributed by atoms with Gasteiger partial charge in [-0.1, -0.05) is 12.1 Å². The number of amides is 1. The minimum Gasteiger partial charge on any atom is -0.495 e. The van der Waals surface area contributed by atoms with Crippen molar-refractivity contribution in [2.24, 2.45) is 0 Å². The molecule has 0 aliphatic carbocycles. The Balaban J connectivity index is 2.06. The second kappa shape index (κ2) is 7.97. The zero-order valence-electron chi connectivity index (χ0n) is 14.2. The van der Waals surface area contributed by atoms with Gasteiger partial charge >= 0.3 is 5.97 Å². The van der Waals surface area contributed by atoms with Crippen LogP contribution in [-0.4, -0.2) is 25.1 Å². The highest BCUT2D eigenvalue weighted by Gasteiger charge is 2.20. The molecule has 2 aromatic rings. The molecule has 0 saturated heterocycles. The Bertz CT molecular complexity index is 840. The molecule has 0 radical (unpaired) electrons. The highest BCUT2D eigenvalue weighted by molar-refractivity contribution is 5.98. The van der Waals surface area contributed by atoms with Gasteiger partial charge in [0.05, 0.1) is 30.0 Å². The number of carbonyl (C=O) groups excluding carboxylic acids is 2. The van der Waals surface area contributed by atoms with Gasteiger partial charge in [0.25, 0.3) is 5.91 Å². The number of nitrogens with one attached hydrogen (secondary N) is 1. The molecule has 0 aliphatic heterocycles. The van der Waals surface area contributed by atoms with Crippen LogP contribution in [0.4, 0.5) is 5.69 Å². The van der Waals surface area contributed by atoms with Crippen molar-refractivity contribution < 1.29 is 19.1 Å². The number of esters is 1. The summed E-state index contributed by atoms with van der Waals surface area (Å²) in [6.07, 6.45) is -1.01. The van der Waals surface area contributed by atoms with Crippen LogP contribution in [0.3, 0.4) is 0 Å². The Morgan fingerprint density at radius 3 is 2.64 bits per heavy atom. The lowest BCUT2D eigenvalue weighted by atomic mass is 10.1. The number of hydrogen-bond acceptors (Lipinski definition) is 5. The third kappa shape index (κ3) is 4.58. The van der Waals surface area contributed by atoms with Crippen LogP contribution in [0.15, 0.2) is 42.5 Å². The third-order valence-corrected chi connectivity index (χ3v) is 3.49. The average Bonchev–Trinajstić information content (AvgIpc) is 2.61. The van der Waals surface area contributed by atoms with Gasteiger partial charge < -0.3 is 14.8 Å². The molecule has 1 atom stereocenters. The number of methoxy groups -OCH3 is 1. The smallest absolute Gasteiger partial charge is 0.338 e. The van der Waals surface area contributed by atoms with Crippen molar-refractivity contribution in [3.05, 3.63) is 59.2 Å². The van der Waals surface area contributed by atoms with E-state index < -0.39 is 18.0 Å². The predicted molar refractivity (Wildman–Crippen MR) is 92.4 cm³/mol. The Kier molecular flexibility index (Phi) is 5.75. The van der Waals surface area contributed by atoms with Crippen molar-refractivity contribution >= 4 is 17.6 Å². The highest BCUT2D eigenvalue weighted by atomic mass is 16.5. The number of nitriles is 1. The monoisotopic (exact) mass is 338 g/mol. The predicted octanol–water partition coefficient (Wildman–Crippen LogP) is 3.06. The van der Waals surface area contributed by atoms with Crippen LogP contribution in [0.1, 0.15) is 28.4 Å². The van der Waals surface area contributed by atoms with E-state index in [2.05, 4.69) is 5.32 Å². The lowest BCUT2D eigenvalue weighted by Crippen LogP contribution is -2.30. The van der Waals surface area contributed by atoms with E-state index >= 15 is 0 Å². The van der Waals surface area contributed by atoms with E-state index in [9.17, 15) is 9.59 Å². The van der Waals surface area contributed by atoms with E-state index in [-0.39, 0.29) is 5.56 Å². The van der Waals surface area contributed by atoms with Gasteiger partial charge in [-0.25, -0.2) is 4.79 Å². The first-order chi connectivity index (χ1) is 11.9. The molecule has 0 aliphatic rings. The summed E-state index contributed by atoms with van der Waals surface area (Å²) in [7, 11) is 1.51. The van der Waals surface area contributed by atoms with Crippen LogP contribution < -0.4 is 10.1 Å². The SMILES string of the molecule is COc1ccc(C)cc1NC(=O)[C@@H](C)OC(=O)c1cccc(C#N)c1.